The number of allylic oxidation sites excluding steroid dienone is 2. The SMILES string of the molecule is COC(=O)C1=C(C(=O)OC)N(c2c(Cl)cc(C#N)cc2I)C=CC=C1. The summed E-state index contributed by atoms with van der Waals surface area (Å²) in [5.74, 6) is -1.42. The van der Waals surface area contributed by atoms with Crippen molar-refractivity contribution in [2.75, 3.05) is 19.1 Å². The predicted octanol–water partition coefficient (Wildman–Crippen LogP) is 3.31. The lowest BCUT2D eigenvalue weighted by Crippen LogP contribution is -2.27. The number of nitriles is 1. The van der Waals surface area contributed by atoms with Crippen LogP contribution in [0.4, 0.5) is 5.69 Å². The molecule has 0 fully saturated rings. The summed E-state index contributed by atoms with van der Waals surface area (Å²) < 4.78 is 10.2. The lowest BCUT2D eigenvalue weighted by atomic mass is 10.1. The van der Waals surface area contributed by atoms with Crippen molar-refractivity contribution in [3.63, 3.8) is 0 Å². The molecule has 0 saturated carbocycles. The number of anilines is 1. The quantitative estimate of drug-likeness (QED) is 0.498. The van der Waals surface area contributed by atoms with E-state index in [4.69, 9.17) is 26.3 Å². The molecule has 0 saturated heterocycles. The zero-order valence-electron chi connectivity index (χ0n) is 13.2. The van der Waals surface area contributed by atoms with Crippen LogP contribution in [0.3, 0.4) is 0 Å². The predicted molar refractivity (Wildman–Crippen MR) is 101 cm³/mol. The molecule has 0 aliphatic carbocycles. The molecule has 0 spiro atoms. The number of carbonyl (C=O) groups excluding carboxylic acids is 2. The Morgan fingerprint density at radius 1 is 1.20 bits per heavy atom. The summed E-state index contributed by atoms with van der Waals surface area (Å²) in [6.07, 6.45) is 6.27. The summed E-state index contributed by atoms with van der Waals surface area (Å²) in [7, 11) is 2.44. The summed E-state index contributed by atoms with van der Waals surface area (Å²) >= 11 is 8.34. The highest BCUT2D eigenvalue weighted by Gasteiger charge is 2.29. The van der Waals surface area contributed by atoms with Gasteiger partial charge in [0.25, 0.3) is 0 Å². The summed E-state index contributed by atoms with van der Waals surface area (Å²) in [5, 5.41) is 9.31. The highest BCUT2D eigenvalue weighted by molar-refractivity contribution is 14.1. The Morgan fingerprint density at radius 3 is 2.44 bits per heavy atom. The molecule has 0 bridgehead atoms. The molecule has 0 N–H and O–H groups in total. The van der Waals surface area contributed by atoms with E-state index in [2.05, 4.69) is 0 Å². The van der Waals surface area contributed by atoms with Crippen molar-refractivity contribution < 1.29 is 19.1 Å². The van der Waals surface area contributed by atoms with Crippen molar-refractivity contribution >= 4 is 51.8 Å². The third kappa shape index (κ3) is 3.86. The molecule has 0 unspecified atom stereocenters. The van der Waals surface area contributed by atoms with Gasteiger partial charge in [0.2, 0.25) is 0 Å². The summed E-state index contributed by atoms with van der Waals surface area (Å²) in [5.41, 5.74) is 0.814. The molecular weight excluding hydrogens is 459 g/mol. The van der Waals surface area contributed by atoms with E-state index >= 15 is 0 Å². The van der Waals surface area contributed by atoms with E-state index in [1.807, 2.05) is 28.7 Å². The molecule has 1 heterocycles. The average molecular weight is 471 g/mol. The topological polar surface area (TPSA) is 79.6 Å². The Hall–Kier alpha value is -2.31. The first-order valence-electron chi connectivity index (χ1n) is 6.88. The van der Waals surface area contributed by atoms with Crippen LogP contribution in [0.1, 0.15) is 5.56 Å². The minimum absolute atomic E-state index is 0.0237. The molecule has 1 aromatic carbocycles. The van der Waals surface area contributed by atoms with Crippen LogP contribution < -0.4 is 4.90 Å². The number of hydrogen-bond donors (Lipinski definition) is 0. The van der Waals surface area contributed by atoms with Crippen LogP contribution >= 0.6 is 34.2 Å². The Bertz CT molecular complexity index is 845. The van der Waals surface area contributed by atoms with Gasteiger partial charge < -0.3 is 14.4 Å². The van der Waals surface area contributed by atoms with Crippen molar-refractivity contribution in [2.45, 2.75) is 0 Å². The number of methoxy groups -OCH3 is 2. The van der Waals surface area contributed by atoms with Crippen molar-refractivity contribution in [1.29, 1.82) is 5.26 Å². The number of ether oxygens (including phenoxy) is 2. The van der Waals surface area contributed by atoms with Gasteiger partial charge >= 0.3 is 11.9 Å². The molecular formula is C17H12ClIN2O4. The fraction of sp³-hybridized carbons (Fsp3) is 0.118. The lowest BCUT2D eigenvalue weighted by molar-refractivity contribution is -0.139. The number of benzene rings is 1. The number of carbonyl (C=O) groups is 2. The minimum Gasteiger partial charge on any atom is -0.465 e. The van der Waals surface area contributed by atoms with Gasteiger partial charge in [-0.1, -0.05) is 17.7 Å². The van der Waals surface area contributed by atoms with E-state index in [0.29, 0.717) is 14.8 Å². The first-order chi connectivity index (χ1) is 11.9. The first kappa shape index (κ1) is 19.0. The number of rotatable bonds is 3. The normalized spacial score (nSPS) is 13.3. The van der Waals surface area contributed by atoms with Gasteiger partial charge in [-0.15, -0.1) is 0 Å². The first-order valence-corrected chi connectivity index (χ1v) is 8.34. The van der Waals surface area contributed by atoms with Gasteiger partial charge in [-0.3, -0.25) is 0 Å². The average Bonchev–Trinajstić information content (AvgIpc) is 2.82. The van der Waals surface area contributed by atoms with E-state index in [0.717, 1.165) is 0 Å². The van der Waals surface area contributed by atoms with E-state index in [-0.39, 0.29) is 16.3 Å². The largest absolute Gasteiger partial charge is 0.465 e. The van der Waals surface area contributed by atoms with E-state index in [9.17, 15) is 9.59 Å². The molecule has 25 heavy (non-hydrogen) atoms. The van der Waals surface area contributed by atoms with Crippen LogP contribution in [0.5, 0.6) is 0 Å². The van der Waals surface area contributed by atoms with Gasteiger partial charge in [0.15, 0.2) is 0 Å². The van der Waals surface area contributed by atoms with Gasteiger partial charge in [0.05, 0.1) is 42.1 Å². The summed E-state index contributed by atoms with van der Waals surface area (Å²) in [4.78, 5) is 26.0. The van der Waals surface area contributed by atoms with Crippen LogP contribution in [0.2, 0.25) is 5.02 Å². The maximum atomic E-state index is 12.4. The summed E-state index contributed by atoms with van der Waals surface area (Å²) in [6, 6.07) is 5.13. The highest BCUT2D eigenvalue weighted by Crippen LogP contribution is 2.36. The molecule has 8 heteroatoms. The van der Waals surface area contributed by atoms with Crippen LogP contribution in [-0.2, 0) is 19.1 Å². The molecule has 1 aliphatic heterocycles. The smallest absolute Gasteiger partial charge is 0.355 e. The molecule has 0 aromatic heterocycles. The second-order valence-corrected chi connectivity index (χ2v) is 6.29. The fourth-order valence-electron chi connectivity index (χ4n) is 2.20. The Balaban J connectivity index is 2.76. The molecule has 1 aliphatic rings. The van der Waals surface area contributed by atoms with Crippen LogP contribution in [0, 0.1) is 14.9 Å². The van der Waals surface area contributed by atoms with Gasteiger partial charge in [-0.2, -0.15) is 5.26 Å². The van der Waals surface area contributed by atoms with Gasteiger partial charge in [-0.25, -0.2) is 9.59 Å². The van der Waals surface area contributed by atoms with Crippen LogP contribution in [-0.4, -0.2) is 26.2 Å². The molecule has 0 radical (unpaired) electrons. The number of hydrogen-bond acceptors (Lipinski definition) is 6. The second-order valence-electron chi connectivity index (χ2n) is 4.72. The third-order valence-corrected chi connectivity index (χ3v) is 4.39. The Morgan fingerprint density at radius 2 is 1.88 bits per heavy atom. The lowest BCUT2D eigenvalue weighted by Gasteiger charge is -2.25. The zero-order chi connectivity index (χ0) is 18.6. The van der Waals surface area contributed by atoms with Gasteiger partial charge in [0.1, 0.15) is 5.70 Å². The standard InChI is InChI=1S/C17H12ClIN2O4/c1-24-16(22)11-5-3-4-6-21(14(11)17(23)25-2)15-12(18)7-10(9-20)8-13(15)19/h3-8H,1-2H3. The summed E-state index contributed by atoms with van der Waals surface area (Å²) in [6.45, 7) is 0. The van der Waals surface area contributed by atoms with Crippen LogP contribution in [0.15, 0.2) is 47.8 Å². The minimum atomic E-state index is -0.729. The van der Waals surface area contributed by atoms with Crippen molar-refractivity contribution in [2.24, 2.45) is 0 Å². The molecule has 0 atom stereocenters. The second kappa shape index (κ2) is 8.18. The zero-order valence-corrected chi connectivity index (χ0v) is 16.2. The Kier molecular flexibility index (Phi) is 6.22. The number of nitrogens with zero attached hydrogens (tertiary/aromatic N) is 2. The van der Waals surface area contributed by atoms with Crippen molar-refractivity contribution in [1.82, 2.24) is 0 Å². The van der Waals surface area contributed by atoms with E-state index < -0.39 is 11.9 Å². The molecule has 0 amide bonds. The van der Waals surface area contributed by atoms with Crippen molar-refractivity contribution in [3.8, 4) is 6.07 Å². The Labute approximate surface area is 163 Å². The fourth-order valence-corrected chi connectivity index (χ4v) is 3.55. The third-order valence-electron chi connectivity index (χ3n) is 3.28. The molecule has 1 aromatic rings. The van der Waals surface area contributed by atoms with E-state index in [1.54, 1.807) is 24.4 Å². The number of halogens is 2. The maximum absolute atomic E-state index is 12.4. The van der Waals surface area contributed by atoms with E-state index in [1.165, 1.54) is 31.3 Å². The molecule has 128 valence electrons. The number of esters is 2. The highest BCUT2D eigenvalue weighted by atomic mass is 127. The molecule has 6 nitrogen and oxygen atoms in total. The maximum Gasteiger partial charge on any atom is 0.355 e. The van der Waals surface area contributed by atoms with Gasteiger partial charge in [0, 0.05) is 9.77 Å². The monoisotopic (exact) mass is 470 g/mol. The van der Waals surface area contributed by atoms with Gasteiger partial charge in [-0.05, 0) is 46.9 Å². The molecule has 2 rings (SSSR count). The van der Waals surface area contributed by atoms with Crippen molar-refractivity contribution in [3.05, 3.63) is 62.0 Å². The van der Waals surface area contributed by atoms with Crippen LogP contribution in [0.25, 0.3) is 0 Å².